The minimum Gasteiger partial charge on any atom is -0.351 e. The summed E-state index contributed by atoms with van der Waals surface area (Å²) in [4.78, 5) is 0. The predicted molar refractivity (Wildman–Crippen MR) is 31.4 cm³/mol. The van der Waals surface area contributed by atoms with Gasteiger partial charge in [0.15, 0.2) is 5.85 Å². The molecule has 0 unspecified atom stereocenters. The van der Waals surface area contributed by atoms with Crippen LogP contribution in [-0.4, -0.2) is 26.0 Å². The Hall–Kier alpha value is -0.120. The number of rotatable bonds is 1. The molecule has 0 aliphatic carbocycles. The number of hydrogen-bond donors (Lipinski definition) is 2. The molecule has 8 heavy (non-hydrogen) atoms. The van der Waals surface area contributed by atoms with Gasteiger partial charge in [-0.1, -0.05) is 0 Å². The van der Waals surface area contributed by atoms with Gasteiger partial charge < -0.3 is 4.74 Å². The van der Waals surface area contributed by atoms with Crippen LogP contribution in [0.15, 0.2) is 0 Å². The van der Waals surface area contributed by atoms with Gasteiger partial charge in [0.05, 0.1) is 0 Å². The molecule has 1 rings (SSSR count). The monoisotopic (exact) mass is 116 g/mol. The van der Waals surface area contributed by atoms with E-state index in [1.165, 1.54) is 0 Å². The summed E-state index contributed by atoms with van der Waals surface area (Å²) < 4.78 is 5.08. The Morgan fingerprint density at radius 2 is 1.88 bits per heavy atom. The van der Waals surface area contributed by atoms with Gasteiger partial charge in [-0.15, -0.1) is 0 Å². The van der Waals surface area contributed by atoms with Crippen molar-refractivity contribution in [1.29, 1.82) is 0 Å². The standard InChI is InChI=1S/C5H12N2O/c1-5(8-2)6-3-4-7-5/h6-7H,3-4H2,1-2H3. The van der Waals surface area contributed by atoms with Gasteiger partial charge >= 0.3 is 0 Å². The lowest BCUT2D eigenvalue weighted by atomic mass is 10.5. The molecule has 0 spiro atoms. The third-order valence-corrected chi connectivity index (χ3v) is 1.46. The molecule has 1 aliphatic heterocycles. The van der Waals surface area contributed by atoms with Crippen molar-refractivity contribution >= 4 is 0 Å². The van der Waals surface area contributed by atoms with E-state index in [0.29, 0.717) is 0 Å². The fourth-order valence-corrected chi connectivity index (χ4v) is 0.809. The molecule has 48 valence electrons. The van der Waals surface area contributed by atoms with Gasteiger partial charge in [-0.05, 0) is 6.92 Å². The Balaban J connectivity index is 2.40. The molecule has 0 amide bonds. The van der Waals surface area contributed by atoms with Crippen LogP contribution in [-0.2, 0) is 4.74 Å². The quantitative estimate of drug-likeness (QED) is 0.484. The Kier molecular flexibility index (Phi) is 1.51. The molecule has 0 aromatic carbocycles. The second kappa shape index (κ2) is 2.01. The third kappa shape index (κ3) is 0.992. The first kappa shape index (κ1) is 6.01. The summed E-state index contributed by atoms with van der Waals surface area (Å²) in [5, 5.41) is 6.30. The van der Waals surface area contributed by atoms with Crippen LogP contribution in [0, 0.1) is 0 Å². The van der Waals surface area contributed by atoms with Crippen molar-refractivity contribution in [2.24, 2.45) is 0 Å². The van der Waals surface area contributed by atoms with Gasteiger partial charge in [0.25, 0.3) is 0 Å². The van der Waals surface area contributed by atoms with Crippen LogP contribution in [0.3, 0.4) is 0 Å². The number of ether oxygens (including phenoxy) is 1. The molecule has 3 nitrogen and oxygen atoms in total. The molecule has 0 bridgehead atoms. The Bertz CT molecular complexity index is 78.5. The second-order valence-electron chi connectivity index (χ2n) is 2.09. The molecule has 0 radical (unpaired) electrons. The Morgan fingerprint density at radius 1 is 1.38 bits per heavy atom. The van der Waals surface area contributed by atoms with Gasteiger partial charge in [0.2, 0.25) is 0 Å². The summed E-state index contributed by atoms with van der Waals surface area (Å²) in [6, 6.07) is 0. The lowest BCUT2D eigenvalue weighted by molar-refractivity contribution is -0.0258. The number of hydrogen-bond acceptors (Lipinski definition) is 3. The molecular weight excluding hydrogens is 104 g/mol. The van der Waals surface area contributed by atoms with Crippen molar-refractivity contribution in [3.05, 3.63) is 0 Å². The summed E-state index contributed by atoms with van der Waals surface area (Å²) in [5.41, 5.74) is 0. The van der Waals surface area contributed by atoms with Gasteiger partial charge in [-0.25, -0.2) is 0 Å². The molecular formula is C5H12N2O. The average molecular weight is 116 g/mol. The summed E-state index contributed by atoms with van der Waals surface area (Å²) in [6.45, 7) is 3.95. The van der Waals surface area contributed by atoms with Gasteiger partial charge in [-0.2, -0.15) is 0 Å². The van der Waals surface area contributed by atoms with Crippen LogP contribution >= 0.6 is 0 Å². The van der Waals surface area contributed by atoms with Gasteiger partial charge in [0.1, 0.15) is 0 Å². The largest absolute Gasteiger partial charge is 0.351 e. The topological polar surface area (TPSA) is 33.3 Å². The molecule has 3 heteroatoms. The zero-order valence-electron chi connectivity index (χ0n) is 5.32. The van der Waals surface area contributed by atoms with E-state index < -0.39 is 0 Å². The molecule has 1 fully saturated rings. The maximum absolute atomic E-state index is 5.08. The van der Waals surface area contributed by atoms with Crippen LogP contribution in [0.4, 0.5) is 0 Å². The molecule has 0 saturated carbocycles. The van der Waals surface area contributed by atoms with Crippen molar-refractivity contribution in [3.8, 4) is 0 Å². The lowest BCUT2D eigenvalue weighted by Crippen LogP contribution is -2.47. The number of nitrogens with one attached hydrogen (secondary N) is 2. The van der Waals surface area contributed by atoms with Crippen LogP contribution < -0.4 is 10.6 Å². The molecule has 2 N–H and O–H groups in total. The highest BCUT2D eigenvalue weighted by molar-refractivity contribution is 4.76. The zero-order valence-corrected chi connectivity index (χ0v) is 5.32. The number of methoxy groups -OCH3 is 1. The second-order valence-corrected chi connectivity index (χ2v) is 2.09. The van der Waals surface area contributed by atoms with E-state index in [1.54, 1.807) is 7.11 Å². The highest BCUT2D eigenvalue weighted by Gasteiger charge is 2.25. The predicted octanol–water partition coefficient (Wildman–Crippen LogP) is -0.501. The van der Waals surface area contributed by atoms with Crippen LogP contribution in [0.25, 0.3) is 0 Å². The summed E-state index contributed by atoms with van der Waals surface area (Å²) >= 11 is 0. The van der Waals surface area contributed by atoms with E-state index in [9.17, 15) is 0 Å². The summed E-state index contributed by atoms with van der Waals surface area (Å²) in [7, 11) is 1.69. The third-order valence-electron chi connectivity index (χ3n) is 1.46. The van der Waals surface area contributed by atoms with Crippen molar-refractivity contribution in [2.45, 2.75) is 12.8 Å². The van der Waals surface area contributed by atoms with Crippen molar-refractivity contribution in [1.82, 2.24) is 10.6 Å². The van der Waals surface area contributed by atoms with E-state index in [0.717, 1.165) is 13.1 Å². The lowest BCUT2D eigenvalue weighted by Gasteiger charge is -2.21. The fourth-order valence-electron chi connectivity index (χ4n) is 0.809. The van der Waals surface area contributed by atoms with E-state index in [4.69, 9.17) is 4.74 Å². The van der Waals surface area contributed by atoms with E-state index in [-0.39, 0.29) is 5.85 Å². The molecule has 1 aliphatic rings. The molecule has 0 atom stereocenters. The summed E-state index contributed by atoms with van der Waals surface area (Å²) in [6.07, 6.45) is 0. The maximum Gasteiger partial charge on any atom is 0.171 e. The molecule has 1 saturated heterocycles. The summed E-state index contributed by atoms with van der Waals surface area (Å²) in [5.74, 6) is -0.264. The molecule has 0 aromatic rings. The maximum atomic E-state index is 5.08. The highest BCUT2D eigenvalue weighted by Crippen LogP contribution is 2.01. The normalized spacial score (nSPS) is 26.2. The first-order valence-electron chi connectivity index (χ1n) is 2.82. The van der Waals surface area contributed by atoms with Crippen molar-refractivity contribution < 1.29 is 4.74 Å². The van der Waals surface area contributed by atoms with Crippen LogP contribution in [0.1, 0.15) is 6.92 Å². The minimum atomic E-state index is -0.264. The van der Waals surface area contributed by atoms with E-state index in [2.05, 4.69) is 10.6 Å². The van der Waals surface area contributed by atoms with E-state index >= 15 is 0 Å². The fraction of sp³-hybridized carbons (Fsp3) is 1.00. The minimum absolute atomic E-state index is 0.264. The van der Waals surface area contributed by atoms with Gasteiger partial charge in [0, 0.05) is 20.2 Å². The molecule has 0 aromatic heterocycles. The molecule has 1 heterocycles. The Labute approximate surface area is 49.4 Å². The smallest absolute Gasteiger partial charge is 0.171 e. The Morgan fingerprint density at radius 3 is 2.12 bits per heavy atom. The van der Waals surface area contributed by atoms with Crippen LogP contribution in [0.5, 0.6) is 0 Å². The van der Waals surface area contributed by atoms with Gasteiger partial charge in [-0.3, -0.25) is 10.6 Å². The van der Waals surface area contributed by atoms with Crippen LogP contribution in [0.2, 0.25) is 0 Å². The van der Waals surface area contributed by atoms with E-state index in [1.807, 2.05) is 6.92 Å². The van der Waals surface area contributed by atoms with Crippen molar-refractivity contribution in [2.75, 3.05) is 20.2 Å². The first-order chi connectivity index (χ1) is 3.77. The SMILES string of the molecule is COC1(C)NCCN1. The zero-order chi connectivity index (χ0) is 6.04. The first-order valence-corrected chi connectivity index (χ1v) is 2.82. The average Bonchev–Trinajstić information content (AvgIpc) is 2.17. The highest BCUT2D eigenvalue weighted by atomic mass is 16.5. The van der Waals surface area contributed by atoms with Crippen molar-refractivity contribution in [3.63, 3.8) is 0 Å².